The zero-order valence-corrected chi connectivity index (χ0v) is 7.38. The van der Waals surface area contributed by atoms with Crippen LogP contribution in [0.3, 0.4) is 0 Å². The summed E-state index contributed by atoms with van der Waals surface area (Å²) in [6, 6.07) is 3.78. The molecular formula is C9H15NO2. The molecule has 0 atom stereocenters. The molecule has 68 valence electrons. The third-order valence-corrected chi connectivity index (χ3v) is 1.51. The standard InChI is InChI=1S/C9H15NO2/c1-2-5-11-7-9-4-3-8(6-10)12-9/h3-4H,2,5-7,10H2,1H3. The molecule has 0 saturated carbocycles. The molecule has 0 bridgehead atoms. The molecule has 2 N–H and O–H groups in total. The fourth-order valence-electron chi connectivity index (χ4n) is 0.927. The van der Waals surface area contributed by atoms with Crippen LogP contribution in [0.15, 0.2) is 16.5 Å². The van der Waals surface area contributed by atoms with Crippen LogP contribution >= 0.6 is 0 Å². The van der Waals surface area contributed by atoms with E-state index in [1.807, 2.05) is 12.1 Å². The molecular weight excluding hydrogens is 154 g/mol. The molecule has 0 aromatic carbocycles. The Labute approximate surface area is 72.5 Å². The van der Waals surface area contributed by atoms with Gasteiger partial charge in [-0.15, -0.1) is 0 Å². The third-order valence-electron chi connectivity index (χ3n) is 1.51. The van der Waals surface area contributed by atoms with Gasteiger partial charge < -0.3 is 14.9 Å². The SMILES string of the molecule is CCCOCc1ccc(CN)o1. The first-order chi connectivity index (χ1) is 5.86. The van der Waals surface area contributed by atoms with Crippen LogP contribution in [0.1, 0.15) is 24.9 Å². The van der Waals surface area contributed by atoms with Crippen LogP contribution < -0.4 is 5.73 Å². The first-order valence-electron chi connectivity index (χ1n) is 4.22. The molecule has 0 radical (unpaired) electrons. The molecule has 0 spiro atoms. The molecule has 0 aliphatic heterocycles. The molecule has 1 rings (SSSR count). The fraction of sp³-hybridized carbons (Fsp3) is 0.556. The predicted octanol–water partition coefficient (Wildman–Crippen LogP) is 1.66. The highest BCUT2D eigenvalue weighted by atomic mass is 16.5. The van der Waals surface area contributed by atoms with Gasteiger partial charge in [-0.3, -0.25) is 0 Å². The Morgan fingerprint density at radius 3 is 2.75 bits per heavy atom. The Bertz CT molecular complexity index is 220. The largest absolute Gasteiger partial charge is 0.462 e. The normalized spacial score (nSPS) is 10.5. The molecule has 3 heteroatoms. The van der Waals surface area contributed by atoms with E-state index >= 15 is 0 Å². The van der Waals surface area contributed by atoms with Gasteiger partial charge in [0.05, 0.1) is 6.54 Å². The van der Waals surface area contributed by atoms with Crippen molar-refractivity contribution < 1.29 is 9.15 Å². The van der Waals surface area contributed by atoms with Gasteiger partial charge in [0.15, 0.2) is 0 Å². The lowest BCUT2D eigenvalue weighted by molar-refractivity contribution is 0.106. The zero-order chi connectivity index (χ0) is 8.81. The molecule has 1 aromatic rings. The number of hydrogen-bond acceptors (Lipinski definition) is 3. The van der Waals surface area contributed by atoms with Crippen LogP contribution in [-0.2, 0) is 17.9 Å². The van der Waals surface area contributed by atoms with Gasteiger partial charge in [-0.05, 0) is 18.6 Å². The summed E-state index contributed by atoms with van der Waals surface area (Å²) in [5, 5.41) is 0. The molecule has 0 saturated heterocycles. The van der Waals surface area contributed by atoms with Crippen LogP contribution in [0.25, 0.3) is 0 Å². The van der Waals surface area contributed by atoms with Crippen molar-refractivity contribution in [1.82, 2.24) is 0 Å². The minimum atomic E-state index is 0.452. The highest BCUT2D eigenvalue weighted by Crippen LogP contribution is 2.07. The lowest BCUT2D eigenvalue weighted by Crippen LogP contribution is -1.94. The molecule has 1 heterocycles. The Kier molecular flexibility index (Phi) is 3.84. The first kappa shape index (κ1) is 9.29. The molecule has 3 nitrogen and oxygen atoms in total. The van der Waals surface area contributed by atoms with Crippen molar-refractivity contribution >= 4 is 0 Å². The maximum absolute atomic E-state index is 5.38. The van der Waals surface area contributed by atoms with E-state index in [1.165, 1.54) is 0 Å². The van der Waals surface area contributed by atoms with Crippen molar-refractivity contribution in [3.8, 4) is 0 Å². The van der Waals surface area contributed by atoms with Gasteiger partial charge >= 0.3 is 0 Å². The van der Waals surface area contributed by atoms with E-state index in [0.717, 1.165) is 24.5 Å². The van der Waals surface area contributed by atoms with Crippen molar-refractivity contribution in [3.63, 3.8) is 0 Å². The van der Waals surface area contributed by atoms with Gasteiger partial charge in [-0.2, -0.15) is 0 Å². The van der Waals surface area contributed by atoms with E-state index in [1.54, 1.807) is 0 Å². The van der Waals surface area contributed by atoms with Crippen molar-refractivity contribution in [2.24, 2.45) is 5.73 Å². The fourth-order valence-corrected chi connectivity index (χ4v) is 0.927. The van der Waals surface area contributed by atoms with Gasteiger partial charge in [0, 0.05) is 6.61 Å². The van der Waals surface area contributed by atoms with Gasteiger partial charge in [0.25, 0.3) is 0 Å². The molecule has 0 aliphatic rings. The molecule has 12 heavy (non-hydrogen) atoms. The summed E-state index contributed by atoms with van der Waals surface area (Å²) >= 11 is 0. The molecule has 0 amide bonds. The van der Waals surface area contributed by atoms with Crippen molar-refractivity contribution in [1.29, 1.82) is 0 Å². The van der Waals surface area contributed by atoms with E-state index in [2.05, 4.69) is 6.92 Å². The summed E-state index contributed by atoms with van der Waals surface area (Å²) in [5.41, 5.74) is 5.38. The number of rotatable bonds is 5. The number of furan rings is 1. The Morgan fingerprint density at radius 1 is 1.42 bits per heavy atom. The first-order valence-corrected chi connectivity index (χ1v) is 4.22. The molecule has 0 unspecified atom stereocenters. The average molecular weight is 169 g/mol. The number of ether oxygens (including phenoxy) is 1. The minimum absolute atomic E-state index is 0.452. The Hall–Kier alpha value is -0.800. The highest BCUT2D eigenvalue weighted by molar-refractivity contribution is 5.05. The van der Waals surface area contributed by atoms with Gasteiger partial charge in [-0.1, -0.05) is 6.92 Å². The van der Waals surface area contributed by atoms with E-state index in [9.17, 15) is 0 Å². The minimum Gasteiger partial charge on any atom is -0.462 e. The number of hydrogen-bond donors (Lipinski definition) is 1. The van der Waals surface area contributed by atoms with Gasteiger partial charge in [0.2, 0.25) is 0 Å². The summed E-state index contributed by atoms with van der Waals surface area (Å²) in [4.78, 5) is 0. The summed E-state index contributed by atoms with van der Waals surface area (Å²) in [7, 11) is 0. The van der Waals surface area contributed by atoms with Crippen LogP contribution in [0.4, 0.5) is 0 Å². The second-order valence-electron chi connectivity index (χ2n) is 2.62. The Morgan fingerprint density at radius 2 is 2.17 bits per heavy atom. The summed E-state index contributed by atoms with van der Waals surface area (Å²) in [6.07, 6.45) is 1.03. The molecule has 1 aromatic heterocycles. The maximum Gasteiger partial charge on any atom is 0.129 e. The van der Waals surface area contributed by atoms with Gasteiger partial charge in [0.1, 0.15) is 18.1 Å². The van der Waals surface area contributed by atoms with E-state index in [0.29, 0.717) is 13.2 Å². The smallest absolute Gasteiger partial charge is 0.129 e. The Balaban J connectivity index is 2.31. The van der Waals surface area contributed by atoms with E-state index < -0.39 is 0 Å². The summed E-state index contributed by atoms with van der Waals surface area (Å²) in [5.74, 6) is 1.66. The monoisotopic (exact) mass is 169 g/mol. The third kappa shape index (κ3) is 2.68. The van der Waals surface area contributed by atoms with Crippen molar-refractivity contribution in [3.05, 3.63) is 23.7 Å². The second-order valence-corrected chi connectivity index (χ2v) is 2.62. The van der Waals surface area contributed by atoms with E-state index in [-0.39, 0.29) is 0 Å². The summed E-state index contributed by atoms with van der Waals surface area (Å²) in [6.45, 7) is 3.85. The highest BCUT2D eigenvalue weighted by Gasteiger charge is 1.99. The number of nitrogens with two attached hydrogens (primary N) is 1. The van der Waals surface area contributed by atoms with Crippen molar-refractivity contribution in [2.75, 3.05) is 6.61 Å². The quantitative estimate of drug-likeness (QED) is 0.682. The van der Waals surface area contributed by atoms with Crippen LogP contribution in [-0.4, -0.2) is 6.61 Å². The van der Waals surface area contributed by atoms with E-state index in [4.69, 9.17) is 14.9 Å². The summed E-state index contributed by atoms with van der Waals surface area (Å²) < 4.78 is 10.6. The lowest BCUT2D eigenvalue weighted by Gasteiger charge is -1.97. The second kappa shape index (κ2) is 4.95. The van der Waals surface area contributed by atoms with Crippen molar-refractivity contribution in [2.45, 2.75) is 26.5 Å². The molecule has 0 fully saturated rings. The van der Waals surface area contributed by atoms with Crippen LogP contribution in [0.2, 0.25) is 0 Å². The molecule has 0 aliphatic carbocycles. The average Bonchev–Trinajstić information content (AvgIpc) is 2.53. The maximum atomic E-state index is 5.38. The van der Waals surface area contributed by atoms with Crippen LogP contribution in [0.5, 0.6) is 0 Å². The van der Waals surface area contributed by atoms with Crippen LogP contribution in [0, 0.1) is 0 Å². The zero-order valence-electron chi connectivity index (χ0n) is 7.38. The topological polar surface area (TPSA) is 48.4 Å². The predicted molar refractivity (Wildman–Crippen MR) is 46.5 cm³/mol. The lowest BCUT2D eigenvalue weighted by atomic mass is 10.4. The van der Waals surface area contributed by atoms with Gasteiger partial charge in [-0.25, -0.2) is 0 Å².